The number of ether oxygens (including phenoxy) is 3. The van der Waals surface area contributed by atoms with Crippen molar-refractivity contribution in [3.8, 4) is 11.5 Å². The van der Waals surface area contributed by atoms with Crippen molar-refractivity contribution in [1.29, 1.82) is 0 Å². The van der Waals surface area contributed by atoms with Gasteiger partial charge in [-0.1, -0.05) is 24.3 Å². The molecule has 1 saturated heterocycles. The van der Waals surface area contributed by atoms with E-state index in [-0.39, 0.29) is 18.9 Å². The van der Waals surface area contributed by atoms with Gasteiger partial charge in [0.05, 0.1) is 20.8 Å². The minimum Gasteiger partial charge on any atom is -0.493 e. The summed E-state index contributed by atoms with van der Waals surface area (Å²) in [5, 5.41) is 23.5. The first-order chi connectivity index (χ1) is 18.2. The van der Waals surface area contributed by atoms with Crippen LogP contribution in [0.5, 0.6) is 11.5 Å². The summed E-state index contributed by atoms with van der Waals surface area (Å²) in [5.74, 6) is 0.181. The molecule has 1 fully saturated rings. The van der Waals surface area contributed by atoms with Crippen LogP contribution in [-0.4, -0.2) is 104 Å². The highest BCUT2D eigenvalue weighted by atomic mass is 16.5. The molecular formula is C28H39N3O7. The summed E-state index contributed by atoms with van der Waals surface area (Å²) in [5.41, 5.74) is 3.66. The molecule has 0 saturated carbocycles. The summed E-state index contributed by atoms with van der Waals surface area (Å²) in [4.78, 5) is 28.3. The number of carbonyl (C=O) groups excluding carboxylic acids is 2. The van der Waals surface area contributed by atoms with E-state index in [9.17, 15) is 19.8 Å². The third-order valence-electron chi connectivity index (χ3n) is 6.61. The molecule has 0 aliphatic carbocycles. The molecule has 3 N–H and O–H groups in total. The number of aliphatic hydroxyl groups excluding tert-OH is 2. The minimum atomic E-state index is -1.26. The van der Waals surface area contributed by atoms with Gasteiger partial charge in [0.2, 0.25) is 5.91 Å². The molecule has 1 heterocycles. The van der Waals surface area contributed by atoms with Crippen LogP contribution in [0.1, 0.15) is 16.7 Å². The zero-order valence-corrected chi connectivity index (χ0v) is 22.6. The highest BCUT2D eigenvalue weighted by molar-refractivity contribution is 5.93. The lowest BCUT2D eigenvalue weighted by molar-refractivity contribution is -0.150. The van der Waals surface area contributed by atoms with E-state index in [1.54, 1.807) is 18.2 Å². The molecule has 1 aliphatic heterocycles. The number of nitrogens with zero attached hydrogens (tertiary/aromatic N) is 2. The van der Waals surface area contributed by atoms with Crippen LogP contribution >= 0.6 is 0 Å². The van der Waals surface area contributed by atoms with Crippen molar-refractivity contribution in [3.63, 3.8) is 0 Å². The van der Waals surface area contributed by atoms with Gasteiger partial charge in [0.1, 0.15) is 12.7 Å². The van der Waals surface area contributed by atoms with Gasteiger partial charge < -0.3 is 29.7 Å². The first-order valence-corrected chi connectivity index (χ1v) is 12.7. The molecule has 0 bridgehead atoms. The number of aliphatic hydroxyl groups is 2. The zero-order valence-electron chi connectivity index (χ0n) is 22.6. The average molecular weight is 530 g/mol. The molecule has 0 radical (unpaired) electrons. The fraction of sp³-hybridized carbons (Fsp3) is 0.500. The highest BCUT2D eigenvalue weighted by Crippen LogP contribution is 2.29. The number of carbonyl (C=O) groups is 2. The third kappa shape index (κ3) is 8.42. The second-order valence-corrected chi connectivity index (χ2v) is 9.58. The van der Waals surface area contributed by atoms with Gasteiger partial charge in [-0.15, -0.1) is 0 Å². The van der Waals surface area contributed by atoms with E-state index in [1.165, 1.54) is 14.2 Å². The molecule has 10 nitrogen and oxygen atoms in total. The van der Waals surface area contributed by atoms with E-state index in [0.29, 0.717) is 30.2 Å². The van der Waals surface area contributed by atoms with Crippen molar-refractivity contribution in [3.05, 3.63) is 53.1 Å². The van der Waals surface area contributed by atoms with Crippen LogP contribution in [0.3, 0.4) is 0 Å². The molecule has 1 amide bonds. The van der Waals surface area contributed by atoms with Crippen molar-refractivity contribution in [2.75, 3.05) is 65.4 Å². The maximum absolute atomic E-state index is 12.6. The quantitative estimate of drug-likeness (QED) is 0.350. The number of aryl methyl sites for hydroxylation is 2. The third-order valence-corrected chi connectivity index (χ3v) is 6.61. The SMILES string of the molecule is COC(=O)C(O)Cc1ccc(OCC(O)CN2CCN(CC(=O)Nc3c(C)cccc3C)CC2)c(OC)c1. The molecule has 0 spiro atoms. The van der Waals surface area contributed by atoms with Crippen LogP contribution in [0.15, 0.2) is 36.4 Å². The average Bonchev–Trinajstić information content (AvgIpc) is 2.90. The fourth-order valence-corrected chi connectivity index (χ4v) is 4.46. The number of para-hydroxylation sites is 1. The summed E-state index contributed by atoms with van der Waals surface area (Å²) in [6.45, 7) is 7.80. The molecule has 2 unspecified atom stereocenters. The highest BCUT2D eigenvalue weighted by Gasteiger charge is 2.22. The van der Waals surface area contributed by atoms with E-state index < -0.39 is 18.2 Å². The van der Waals surface area contributed by atoms with Crippen LogP contribution in [0.25, 0.3) is 0 Å². The minimum absolute atomic E-state index is 0.0240. The van der Waals surface area contributed by atoms with E-state index in [2.05, 4.69) is 19.9 Å². The first kappa shape index (κ1) is 29.4. The number of piperazine rings is 1. The Morgan fingerprint density at radius 1 is 0.974 bits per heavy atom. The van der Waals surface area contributed by atoms with E-state index >= 15 is 0 Å². The summed E-state index contributed by atoms with van der Waals surface area (Å²) in [6.07, 6.45) is -1.88. The lowest BCUT2D eigenvalue weighted by Gasteiger charge is -2.35. The van der Waals surface area contributed by atoms with Gasteiger partial charge in [-0.25, -0.2) is 4.79 Å². The fourth-order valence-electron chi connectivity index (χ4n) is 4.46. The number of β-amino-alcohol motifs (C(OH)–C–C–N with tert-alkyl or cyclic N) is 1. The zero-order chi connectivity index (χ0) is 27.7. The van der Waals surface area contributed by atoms with Crippen LogP contribution in [0, 0.1) is 13.8 Å². The van der Waals surface area contributed by atoms with Gasteiger partial charge in [-0.2, -0.15) is 0 Å². The second kappa shape index (κ2) is 14.1. The Balaban J connectivity index is 1.41. The lowest BCUT2D eigenvalue weighted by atomic mass is 10.1. The van der Waals surface area contributed by atoms with E-state index in [4.69, 9.17) is 9.47 Å². The van der Waals surface area contributed by atoms with Crippen molar-refractivity contribution in [2.45, 2.75) is 32.5 Å². The van der Waals surface area contributed by atoms with Crippen LogP contribution in [0.4, 0.5) is 5.69 Å². The molecule has 38 heavy (non-hydrogen) atoms. The van der Waals surface area contributed by atoms with E-state index in [0.717, 1.165) is 43.0 Å². The number of hydrogen-bond donors (Lipinski definition) is 3. The molecule has 2 aromatic carbocycles. The van der Waals surface area contributed by atoms with Crippen molar-refractivity contribution in [2.24, 2.45) is 0 Å². The Hall–Kier alpha value is -3.18. The molecule has 3 rings (SSSR count). The van der Waals surface area contributed by atoms with Crippen LogP contribution in [-0.2, 0) is 20.7 Å². The summed E-state index contributed by atoms with van der Waals surface area (Å²) < 4.78 is 15.7. The molecule has 2 aromatic rings. The van der Waals surface area contributed by atoms with Crippen LogP contribution in [0.2, 0.25) is 0 Å². The Labute approximate surface area is 224 Å². The maximum Gasteiger partial charge on any atom is 0.335 e. The Morgan fingerprint density at radius 3 is 2.26 bits per heavy atom. The Morgan fingerprint density at radius 2 is 1.63 bits per heavy atom. The van der Waals surface area contributed by atoms with Crippen molar-refractivity contribution >= 4 is 17.6 Å². The molecule has 1 aliphatic rings. The van der Waals surface area contributed by atoms with Gasteiger partial charge in [0, 0.05) is 44.8 Å². The standard InChI is InChI=1S/C28H39N3O7/c1-19-6-5-7-20(2)27(19)29-26(34)17-31-12-10-30(11-13-31)16-22(32)18-38-24-9-8-21(15-25(24)36-3)14-23(33)28(35)37-4/h5-9,15,22-23,32-33H,10-14,16-18H2,1-4H3,(H,29,34). The number of hydrogen-bond acceptors (Lipinski definition) is 9. The number of rotatable bonds is 12. The van der Waals surface area contributed by atoms with Gasteiger partial charge in [-0.05, 0) is 42.7 Å². The van der Waals surface area contributed by atoms with Gasteiger partial charge >= 0.3 is 5.97 Å². The molecule has 0 aromatic heterocycles. The molecule has 208 valence electrons. The van der Waals surface area contributed by atoms with Gasteiger partial charge in [0.15, 0.2) is 17.6 Å². The van der Waals surface area contributed by atoms with Gasteiger partial charge in [0.25, 0.3) is 0 Å². The molecule has 10 heteroatoms. The number of nitrogens with one attached hydrogen (secondary N) is 1. The van der Waals surface area contributed by atoms with E-state index in [1.807, 2.05) is 32.0 Å². The summed E-state index contributed by atoms with van der Waals surface area (Å²) >= 11 is 0. The van der Waals surface area contributed by atoms with Crippen molar-refractivity contribution < 1.29 is 34.0 Å². The lowest BCUT2D eigenvalue weighted by Crippen LogP contribution is -2.50. The van der Waals surface area contributed by atoms with Crippen LogP contribution < -0.4 is 14.8 Å². The largest absolute Gasteiger partial charge is 0.493 e. The number of esters is 1. The number of benzene rings is 2. The predicted octanol–water partition coefficient (Wildman–Crippen LogP) is 1.38. The monoisotopic (exact) mass is 529 g/mol. The number of anilines is 1. The molecular weight excluding hydrogens is 490 g/mol. The summed E-state index contributed by atoms with van der Waals surface area (Å²) in [6, 6.07) is 11.1. The number of methoxy groups -OCH3 is 2. The molecule has 2 atom stereocenters. The van der Waals surface area contributed by atoms with Gasteiger partial charge in [-0.3, -0.25) is 14.6 Å². The second-order valence-electron chi connectivity index (χ2n) is 9.58. The topological polar surface area (TPSA) is 121 Å². The summed E-state index contributed by atoms with van der Waals surface area (Å²) in [7, 11) is 2.72. The Kier molecular flexibility index (Phi) is 10.9. The first-order valence-electron chi connectivity index (χ1n) is 12.7. The number of amides is 1. The normalized spacial score (nSPS) is 15.9. The predicted molar refractivity (Wildman–Crippen MR) is 144 cm³/mol. The maximum atomic E-state index is 12.6. The van der Waals surface area contributed by atoms with Crippen molar-refractivity contribution in [1.82, 2.24) is 9.80 Å². The smallest absolute Gasteiger partial charge is 0.335 e. The Bertz CT molecular complexity index is 1070.